The molecule has 0 spiro atoms. The van der Waals surface area contributed by atoms with Gasteiger partial charge >= 0.3 is 5.97 Å². The van der Waals surface area contributed by atoms with Gasteiger partial charge in [-0.15, -0.1) is 0 Å². The van der Waals surface area contributed by atoms with E-state index in [4.69, 9.17) is 0 Å². The summed E-state index contributed by atoms with van der Waals surface area (Å²) in [5.74, 6) is -0.266. The average Bonchev–Trinajstić information content (AvgIpc) is 2.63. The van der Waals surface area contributed by atoms with Crippen molar-refractivity contribution in [2.75, 3.05) is 7.11 Å². The Morgan fingerprint density at radius 3 is 2.23 bits per heavy atom. The van der Waals surface area contributed by atoms with Gasteiger partial charge in [-0.05, 0) is 38.5 Å². The van der Waals surface area contributed by atoms with Gasteiger partial charge in [0.15, 0.2) is 0 Å². The highest BCUT2D eigenvalue weighted by Crippen LogP contribution is 2.04. The molecular weight excluding hydrogens is 332 g/mol. The molecule has 0 saturated carbocycles. The first-order valence-corrected chi connectivity index (χ1v) is 9.13. The maximum Gasteiger partial charge on any atom is 0.305 e. The number of esters is 1. The van der Waals surface area contributed by atoms with Gasteiger partial charge in [-0.3, -0.25) is 4.79 Å². The van der Waals surface area contributed by atoms with Crippen molar-refractivity contribution in [3.8, 4) is 0 Å². The first kappa shape index (κ1) is 24.0. The Bertz CT molecular complexity index is 477. The average molecular weight is 364 g/mol. The molecule has 0 saturated heterocycles. The summed E-state index contributed by atoms with van der Waals surface area (Å²) in [5.41, 5.74) is 0. The summed E-state index contributed by atoms with van der Waals surface area (Å²) in [6, 6.07) is 0. The number of carbonyl (C=O) groups is 2. The third-order valence-electron chi connectivity index (χ3n) is 3.60. The lowest BCUT2D eigenvalue weighted by atomic mass is 10.1. The van der Waals surface area contributed by atoms with E-state index in [0.717, 1.165) is 25.5 Å². The molecule has 0 aromatic carbocycles. The molecule has 0 heterocycles. The highest BCUT2D eigenvalue weighted by atomic mass is 16.5. The fourth-order valence-corrected chi connectivity index (χ4v) is 2.09. The van der Waals surface area contributed by atoms with Crippen LogP contribution in [0.4, 0.5) is 0 Å². The van der Waals surface area contributed by atoms with Gasteiger partial charge in [-0.2, -0.15) is 0 Å². The lowest BCUT2D eigenvalue weighted by Crippen LogP contribution is -2.05. The summed E-state index contributed by atoms with van der Waals surface area (Å²) in [5, 5.41) is 19.5. The van der Waals surface area contributed by atoms with E-state index >= 15 is 0 Å². The van der Waals surface area contributed by atoms with Crippen molar-refractivity contribution >= 4 is 12.3 Å². The number of aliphatic hydroxyl groups is 2. The number of rotatable bonds is 15. The van der Waals surface area contributed by atoms with E-state index in [1.807, 2.05) is 12.2 Å². The number of unbranched alkanes of at least 4 members (excludes halogenated alkanes) is 3. The van der Waals surface area contributed by atoms with E-state index in [2.05, 4.69) is 4.74 Å². The maximum atomic E-state index is 10.9. The summed E-state index contributed by atoms with van der Waals surface area (Å²) in [6.45, 7) is 0. The zero-order chi connectivity index (χ0) is 19.5. The Balaban J connectivity index is 3.82. The van der Waals surface area contributed by atoms with Gasteiger partial charge in [-0.1, -0.05) is 48.6 Å². The van der Waals surface area contributed by atoms with Gasteiger partial charge in [0, 0.05) is 12.8 Å². The van der Waals surface area contributed by atoms with E-state index in [-0.39, 0.29) is 5.97 Å². The Kier molecular flexibility index (Phi) is 16.5. The number of methoxy groups -OCH3 is 1. The molecule has 0 aromatic rings. The van der Waals surface area contributed by atoms with Crippen molar-refractivity contribution < 1.29 is 24.5 Å². The molecule has 0 radical (unpaired) electrons. The molecule has 0 aromatic heterocycles. The lowest BCUT2D eigenvalue weighted by Gasteiger charge is -2.03. The van der Waals surface area contributed by atoms with Crippen molar-refractivity contribution in [2.45, 2.75) is 63.6 Å². The molecule has 2 N–H and O–H groups in total. The minimum Gasteiger partial charge on any atom is -0.469 e. The zero-order valence-corrected chi connectivity index (χ0v) is 15.6. The molecular formula is C21H32O5. The zero-order valence-electron chi connectivity index (χ0n) is 15.6. The van der Waals surface area contributed by atoms with Crippen LogP contribution in [0.1, 0.15) is 51.4 Å². The van der Waals surface area contributed by atoms with Crippen LogP contribution in [0.15, 0.2) is 48.6 Å². The van der Waals surface area contributed by atoms with E-state index in [1.165, 1.54) is 7.11 Å². The summed E-state index contributed by atoms with van der Waals surface area (Å²) in [4.78, 5) is 21.1. The Hall–Kier alpha value is -1.98. The second kappa shape index (κ2) is 17.8. The fourth-order valence-electron chi connectivity index (χ4n) is 2.09. The van der Waals surface area contributed by atoms with Crippen molar-refractivity contribution in [3.63, 3.8) is 0 Å². The van der Waals surface area contributed by atoms with Crippen molar-refractivity contribution in [2.24, 2.45) is 0 Å². The molecule has 146 valence electrons. The van der Waals surface area contributed by atoms with Gasteiger partial charge in [0.1, 0.15) is 6.29 Å². The molecule has 26 heavy (non-hydrogen) atoms. The van der Waals surface area contributed by atoms with Gasteiger partial charge in [0.2, 0.25) is 0 Å². The smallest absolute Gasteiger partial charge is 0.305 e. The molecule has 0 rings (SSSR count). The van der Waals surface area contributed by atoms with Gasteiger partial charge in [-0.25, -0.2) is 0 Å². The normalized spacial score (nSPS) is 14.6. The van der Waals surface area contributed by atoms with Crippen LogP contribution in [0.2, 0.25) is 0 Å². The summed E-state index contributed by atoms with van der Waals surface area (Å²) < 4.78 is 4.53. The lowest BCUT2D eigenvalue weighted by molar-refractivity contribution is -0.140. The Morgan fingerprint density at radius 2 is 1.58 bits per heavy atom. The second-order valence-electron chi connectivity index (χ2n) is 5.92. The molecule has 0 bridgehead atoms. The Labute approximate surface area is 156 Å². The van der Waals surface area contributed by atoms with Crippen LogP contribution in [0.3, 0.4) is 0 Å². The molecule has 0 fully saturated rings. The third-order valence-corrected chi connectivity index (χ3v) is 3.60. The number of aliphatic hydroxyl groups excluding tert-OH is 2. The van der Waals surface area contributed by atoms with Crippen molar-refractivity contribution in [1.29, 1.82) is 0 Å². The van der Waals surface area contributed by atoms with Crippen LogP contribution < -0.4 is 0 Å². The number of ether oxygens (including phenoxy) is 1. The Morgan fingerprint density at radius 1 is 0.923 bits per heavy atom. The summed E-state index contributed by atoms with van der Waals surface area (Å²) in [7, 11) is 1.35. The number of carbonyl (C=O) groups excluding carboxylic acids is 2. The van der Waals surface area contributed by atoms with Crippen LogP contribution in [0.5, 0.6) is 0 Å². The van der Waals surface area contributed by atoms with Crippen molar-refractivity contribution in [3.05, 3.63) is 48.6 Å². The minimum absolute atomic E-state index is 0.266. The van der Waals surface area contributed by atoms with E-state index in [1.54, 1.807) is 36.5 Å². The maximum absolute atomic E-state index is 10.9. The van der Waals surface area contributed by atoms with Crippen LogP contribution in [-0.4, -0.2) is 41.8 Å². The standard InChI is InChI=1S/C21H32O5/c1-26-21(25)17-12-16-20(24)15-10-6-5-9-14-19(23)13-8-4-2-3-7-11-18-22/h4-6,8-10,14-15,18-20,23-24H,2-3,7,11-13,16-17H2,1H3/b6-5+,8-4-,14-9+,15-10-/t19-,20-/m1/s1. The van der Waals surface area contributed by atoms with E-state index in [0.29, 0.717) is 32.1 Å². The van der Waals surface area contributed by atoms with Gasteiger partial charge in [0.05, 0.1) is 19.3 Å². The van der Waals surface area contributed by atoms with Crippen LogP contribution in [0, 0.1) is 0 Å². The van der Waals surface area contributed by atoms with Gasteiger partial charge < -0.3 is 19.7 Å². The molecule has 2 atom stereocenters. The first-order chi connectivity index (χ1) is 12.6. The number of hydrogen-bond donors (Lipinski definition) is 2. The second-order valence-corrected chi connectivity index (χ2v) is 5.92. The predicted octanol–water partition coefficient (Wildman–Crippen LogP) is 3.43. The van der Waals surface area contributed by atoms with Crippen LogP contribution >= 0.6 is 0 Å². The summed E-state index contributed by atoms with van der Waals surface area (Å²) >= 11 is 0. The highest BCUT2D eigenvalue weighted by Gasteiger charge is 2.03. The third kappa shape index (κ3) is 16.9. The molecule has 5 nitrogen and oxygen atoms in total. The molecule has 0 aliphatic heterocycles. The van der Waals surface area contributed by atoms with E-state index in [9.17, 15) is 19.8 Å². The monoisotopic (exact) mass is 364 g/mol. The largest absolute Gasteiger partial charge is 0.469 e. The minimum atomic E-state index is -0.587. The molecule has 0 amide bonds. The number of allylic oxidation sites excluding steroid dienone is 5. The topological polar surface area (TPSA) is 83.8 Å². The van der Waals surface area contributed by atoms with Crippen LogP contribution in [-0.2, 0) is 14.3 Å². The first-order valence-electron chi connectivity index (χ1n) is 9.13. The summed E-state index contributed by atoms with van der Waals surface area (Å²) in [6.07, 6.45) is 19.6. The molecule has 0 unspecified atom stereocenters. The number of hydrogen-bond acceptors (Lipinski definition) is 5. The SMILES string of the molecule is COC(=O)CCC[C@H](O)\C=C/C=C/C=C/[C@H](O)C/C=C\CCCCC=O. The van der Waals surface area contributed by atoms with Gasteiger partial charge in [0.25, 0.3) is 0 Å². The number of aldehydes is 1. The van der Waals surface area contributed by atoms with E-state index < -0.39 is 12.2 Å². The fraction of sp³-hybridized carbons (Fsp3) is 0.524. The molecule has 5 heteroatoms. The van der Waals surface area contributed by atoms with Crippen molar-refractivity contribution in [1.82, 2.24) is 0 Å². The highest BCUT2D eigenvalue weighted by molar-refractivity contribution is 5.68. The molecule has 0 aliphatic rings. The van der Waals surface area contributed by atoms with Crippen LogP contribution in [0.25, 0.3) is 0 Å². The molecule has 0 aliphatic carbocycles. The predicted molar refractivity (Wildman–Crippen MR) is 104 cm³/mol. The quantitative estimate of drug-likeness (QED) is 0.153.